The normalized spacial score (nSPS) is 17.4. The first-order valence-electron chi connectivity index (χ1n) is 5.71. The molecule has 0 unspecified atom stereocenters. The fraction of sp³-hybridized carbons (Fsp3) is 0.462. The van der Waals surface area contributed by atoms with Crippen LogP contribution in [0.1, 0.15) is 29.6 Å². The third kappa shape index (κ3) is 2.05. The van der Waals surface area contributed by atoms with Crippen LogP contribution in [0.4, 0.5) is 0 Å². The maximum absolute atomic E-state index is 12.4. The van der Waals surface area contributed by atoms with Gasteiger partial charge in [-0.25, -0.2) is 0 Å². The lowest BCUT2D eigenvalue weighted by Crippen LogP contribution is -2.44. The second kappa shape index (κ2) is 4.67. The summed E-state index contributed by atoms with van der Waals surface area (Å²) in [6.07, 6.45) is 2.80. The van der Waals surface area contributed by atoms with Gasteiger partial charge in [0.25, 0.3) is 0 Å². The van der Waals surface area contributed by atoms with Crippen molar-refractivity contribution >= 4 is 17.4 Å². The van der Waals surface area contributed by atoms with Crippen molar-refractivity contribution in [1.82, 2.24) is 0 Å². The molecule has 0 saturated heterocycles. The van der Waals surface area contributed by atoms with Crippen LogP contribution in [0, 0.1) is 5.41 Å². The number of benzene rings is 1. The molecule has 92 valence electrons. The molecule has 1 aliphatic carbocycles. The Morgan fingerprint density at radius 3 is 2.65 bits per heavy atom. The summed E-state index contributed by atoms with van der Waals surface area (Å²) < 4.78 is 5.06. The van der Waals surface area contributed by atoms with Crippen molar-refractivity contribution in [1.29, 1.82) is 0 Å². The van der Waals surface area contributed by atoms with E-state index in [4.69, 9.17) is 22.1 Å². The van der Waals surface area contributed by atoms with Gasteiger partial charge in [0.1, 0.15) is 5.75 Å². The summed E-state index contributed by atoms with van der Waals surface area (Å²) in [5.74, 6) is 0.723. The van der Waals surface area contributed by atoms with Gasteiger partial charge < -0.3 is 10.5 Å². The Hall–Kier alpha value is -1.06. The molecule has 17 heavy (non-hydrogen) atoms. The minimum absolute atomic E-state index is 0.0684. The fourth-order valence-corrected chi connectivity index (χ4v) is 2.48. The lowest BCUT2D eigenvalue weighted by atomic mass is 9.64. The molecule has 0 bridgehead atoms. The standard InChI is InChI=1S/C13H16ClNO2/c1-17-9-3-4-10(11(14)7-9)12(16)13(8-15)5-2-6-13/h3-4,7H,2,5-6,8,15H2,1H3. The van der Waals surface area contributed by atoms with Crippen LogP contribution in [0.5, 0.6) is 5.75 Å². The quantitative estimate of drug-likeness (QED) is 0.840. The molecule has 0 heterocycles. The van der Waals surface area contributed by atoms with Crippen molar-refractivity contribution in [3.05, 3.63) is 28.8 Å². The lowest BCUT2D eigenvalue weighted by Gasteiger charge is -2.39. The van der Waals surface area contributed by atoms with Gasteiger partial charge in [0, 0.05) is 17.5 Å². The number of methoxy groups -OCH3 is 1. The molecular formula is C13H16ClNO2. The van der Waals surface area contributed by atoms with E-state index in [-0.39, 0.29) is 11.2 Å². The van der Waals surface area contributed by atoms with Gasteiger partial charge in [0.2, 0.25) is 0 Å². The molecular weight excluding hydrogens is 238 g/mol. The molecule has 1 saturated carbocycles. The van der Waals surface area contributed by atoms with Crippen LogP contribution in [-0.4, -0.2) is 19.4 Å². The first kappa shape index (κ1) is 12.4. The van der Waals surface area contributed by atoms with Crippen molar-refractivity contribution in [3.63, 3.8) is 0 Å². The first-order valence-corrected chi connectivity index (χ1v) is 6.09. The molecule has 0 aliphatic heterocycles. The highest BCUT2D eigenvalue weighted by Crippen LogP contribution is 2.43. The maximum atomic E-state index is 12.4. The first-order chi connectivity index (χ1) is 8.13. The van der Waals surface area contributed by atoms with Gasteiger partial charge in [-0.15, -0.1) is 0 Å². The van der Waals surface area contributed by atoms with Crippen LogP contribution < -0.4 is 10.5 Å². The van der Waals surface area contributed by atoms with Gasteiger partial charge in [-0.3, -0.25) is 4.79 Å². The molecule has 2 N–H and O–H groups in total. The van der Waals surface area contributed by atoms with Crippen LogP contribution in [0.15, 0.2) is 18.2 Å². The summed E-state index contributed by atoms with van der Waals surface area (Å²) in [4.78, 5) is 12.4. The maximum Gasteiger partial charge on any atom is 0.171 e. The average Bonchev–Trinajstić information content (AvgIpc) is 2.28. The Morgan fingerprint density at radius 1 is 1.53 bits per heavy atom. The number of halogens is 1. The number of Topliss-reactive ketones (excluding diaryl/α,β-unsaturated/α-hetero) is 1. The Balaban J connectivity index is 2.31. The molecule has 0 atom stereocenters. The van der Waals surface area contributed by atoms with E-state index < -0.39 is 0 Å². The van der Waals surface area contributed by atoms with E-state index in [1.807, 2.05) is 0 Å². The molecule has 2 rings (SSSR count). The summed E-state index contributed by atoms with van der Waals surface area (Å²) in [5.41, 5.74) is 5.90. The highest BCUT2D eigenvalue weighted by molar-refractivity contribution is 6.34. The third-order valence-electron chi connectivity index (χ3n) is 3.60. The lowest BCUT2D eigenvalue weighted by molar-refractivity contribution is 0.0636. The Kier molecular flexibility index (Phi) is 3.40. The van der Waals surface area contributed by atoms with Crippen LogP contribution >= 0.6 is 11.6 Å². The number of hydrogen-bond donors (Lipinski definition) is 1. The SMILES string of the molecule is COc1ccc(C(=O)C2(CN)CCC2)c(Cl)c1. The summed E-state index contributed by atoms with van der Waals surface area (Å²) in [5, 5.41) is 0.439. The van der Waals surface area contributed by atoms with Crippen molar-refractivity contribution < 1.29 is 9.53 Å². The number of ether oxygens (including phenoxy) is 1. The van der Waals surface area contributed by atoms with Gasteiger partial charge in [0.15, 0.2) is 5.78 Å². The zero-order valence-corrected chi connectivity index (χ0v) is 10.6. The number of nitrogens with two attached hydrogens (primary N) is 1. The van der Waals surface area contributed by atoms with E-state index >= 15 is 0 Å². The Morgan fingerprint density at radius 2 is 2.24 bits per heavy atom. The van der Waals surface area contributed by atoms with E-state index in [1.165, 1.54) is 0 Å². The molecule has 0 spiro atoms. The molecule has 0 aromatic heterocycles. The Bertz CT molecular complexity index is 436. The van der Waals surface area contributed by atoms with Crippen LogP contribution in [0.3, 0.4) is 0 Å². The summed E-state index contributed by atoms with van der Waals surface area (Å²) >= 11 is 6.11. The largest absolute Gasteiger partial charge is 0.497 e. The van der Waals surface area contributed by atoms with E-state index in [2.05, 4.69) is 0 Å². The predicted molar refractivity (Wildman–Crippen MR) is 67.7 cm³/mol. The van der Waals surface area contributed by atoms with Crippen molar-refractivity contribution in [2.24, 2.45) is 11.1 Å². The second-order valence-corrected chi connectivity index (χ2v) is 4.92. The number of carbonyl (C=O) groups excluding carboxylic acids is 1. The van der Waals surface area contributed by atoms with Crippen molar-refractivity contribution in [3.8, 4) is 5.75 Å². The number of ketones is 1. The average molecular weight is 254 g/mol. The molecule has 1 fully saturated rings. The molecule has 0 radical (unpaired) electrons. The van der Waals surface area contributed by atoms with Crippen molar-refractivity contribution in [2.45, 2.75) is 19.3 Å². The highest BCUT2D eigenvalue weighted by atomic mass is 35.5. The molecule has 1 aromatic rings. The second-order valence-electron chi connectivity index (χ2n) is 4.51. The van der Waals surface area contributed by atoms with Crippen LogP contribution in [0.25, 0.3) is 0 Å². The molecule has 4 heteroatoms. The summed E-state index contributed by atoms with van der Waals surface area (Å²) in [6, 6.07) is 5.14. The van der Waals surface area contributed by atoms with E-state index in [9.17, 15) is 4.79 Å². The summed E-state index contributed by atoms with van der Waals surface area (Å²) in [7, 11) is 1.57. The van der Waals surface area contributed by atoms with Gasteiger partial charge >= 0.3 is 0 Å². The van der Waals surface area contributed by atoms with Gasteiger partial charge in [-0.2, -0.15) is 0 Å². The number of hydrogen-bond acceptors (Lipinski definition) is 3. The van der Waals surface area contributed by atoms with E-state index in [0.717, 1.165) is 19.3 Å². The topological polar surface area (TPSA) is 52.3 Å². The minimum Gasteiger partial charge on any atom is -0.497 e. The molecule has 3 nitrogen and oxygen atoms in total. The Labute approximate surface area is 106 Å². The number of carbonyl (C=O) groups is 1. The fourth-order valence-electron chi connectivity index (χ4n) is 2.22. The minimum atomic E-state index is -0.377. The third-order valence-corrected chi connectivity index (χ3v) is 3.92. The highest BCUT2D eigenvalue weighted by Gasteiger charge is 2.43. The molecule has 1 aromatic carbocycles. The summed E-state index contributed by atoms with van der Waals surface area (Å²) in [6.45, 7) is 0.397. The number of rotatable bonds is 4. The van der Waals surface area contributed by atoms with E-state index in [1.54, 1.807) is 25.3 Å². The predicted octanol–water partition coefficient (Wildman–Crippen LogP) is 2.66. The smallest absolute Gasteiger partial charge is 0.171 e. The van der Waals surface area contributed by atoms with Crippen molar-refractivity contribution in [2.75, 3.05) is 13.7 Å². The van der Waals surface area contributed by atoms with Gasteiger partial charge in [0.05, 0.1) is 12.1 Å². The molecule has 1 aliphatic rings. The van der Waals surface area contributed by atoms with Crippen LogP contribution in [0.2, 0.25) is 5.02 Å². The van der Waals surface area contributed by atoms with Crippen LogP contribution in [-0.2, 0) is 0 Å². The zero-order chi connectivity index (χ0) is 12.5. The van der Waals surface area contributed by atoms with Gasteiger partial charge in [-0.1, -0.05) is 18.0 Å². The molecule has 0 amide bonds. The zero-order valence-electron chi connectivity index (χ0n) is 9.83. The monoisotopic (exact) mass is 253 g/mol. The van der Waals surface area contributed by atoms with E-state index in [0.29, 0.717) is 22.9 Å². The van der Waals surface area contributed by atoms with Gasteiger partial charge in [-0.05, 0) is 31.0 Å².